The second-order valence-corrected chi connectivity index (χ2v) is 6.13. The Labute approximate surface area is 165 Å². The first-order valence-corrected chi connectivity index (χ1v) is 8.76. The van der Waals surface area contributed by atoms with Gasteiger partial charge in [0.05, 0.1) is 24.0 Å². The number of aromatic nitrogens is 2. The molecule has 0 aliphatic carbocycles. The van der Waals surface area contributed by atoms with Gasteiger partial charge in [-0.1, -0.05) is 29.8 Å². The maximum Gasteiger partial charge on any atom is 0.359 e. The van der Waals surface area contributed by atoms with Crippen LogP contribution >= 0.6 is 11.6 Å². The maximum absolute atomic E-state index is 12.4. The first-order chi connectivity index (χ1) is 13.5. The van der Waals surface area contributed by atoms with Crippen molar-refractivity contribution in [1.82, 2.24) is 9.97 Å². The van der Waals surface area contributed by atoms with Gasteiger partial charge in [0.15, 0.2) is 11.8 Å². The van der Waals surface area contributed by atoms with E-state index >= 15 is 0 Å². The molecule has 8 nitrogen and oxygen atoms in total. The van der Waals surface area contributed by atoms with Crippen molar-refractivity contribution in [3.8, 4) is 0 Å². The third kappa shape index (κ3) is 5.08. The van der Waals surface area contributed by atoms with Crippen LogP contribution in [0.3, 0.4) is 0 Å². The Morgan fingerprint density at radius 1 is 1.21 bits per heavy atom. The number of nitrogens with one attached hydrogen (secondary N) is 2. The molecule has 9 heteroatoms. The number of esters is 1. The molecule has 2 aromatic heterocycles. The lowest BCUT2D eigenvalue weighted by Crippen LogP contribution is -2.30. The Morgan fingerprint density at radius 3 is 2.71 bits per heavy atom. The number of hydrogen-bond acceptors (Lipinski definition) is 7. The highest BCUT2D eigenvalue weighted by atomic mass is 35.5. The number of anilines is 2. The molecule has 144 valence electrons. The summed E-state index contributed by atoms with van der Waals surface area (Å²) in [4.78, 5) is 32.7. The minimum absolute atomic E-state index is 0.0178. The predicted octanol–water partition coefficient (Wildman–Crippen LogP) is 3.52. The van der Waals surface area contributed by atoms with Gasteiger partial charge in [-0.2, -0.15) is 0 Å². The molecule has 0 radical (unpaired) electrons. The number of halogens is 1. The summed E-state index contributed by atoms with van der Waals surface area (Å²) in [6.07, 6.45) is 1.78. The van der Waals surface area contributed by atoms with Gasteiger partial charge >= 0.3 is 5.97 Å². The fraction of sp³-hybridized carbons (Fsp3) is 0.158. The third-order valence-corrected chi connectivity index (χ3v) is 3.91. The lowest BCUT2D eigenvalue weighted by Gasteiger charge is -2.14. The van der Waals surface area contributed by atoms with Crippen LogP contribution in [0.15, 0.2) is 59.3 Å². The fourth-order valence-corrected chi connectivity index (χ4v) is 2.38. The molecule has 0 aliphatic heterocycles. The summed E-state index contributed by atoms with van der Waals surface area (Å²) in [6, 6.07) is 12.4. The molecule has 3 rings (SSSR count). The van der Waals surface area contributed by atoms with Gasteiger partial charge in [-0.25, -0.2) is 14.8 Å². The summed E-state index contributed by atoms with van der Waals surface area (Å²) in [5.41, 5.74) is 0.456. The van der Waals surface area contributed by atoms with Crippen molar-refractivity contribution in [1.29, 1.82) is 0 Å². The summed E-state index contributed by atoms with van der Waals surface area (Å²) in [5.74, 6) is -0.451. The summed E-state index contributed by atoms with van der Waals surface area (Å²) in [7, 11) is 0. The van der Waals surface area contributed by atoms with Crippen LogP contribution in [0.25, 0.3) is 0 Å². The van der Waals surface area contributed by atoms with Crippen molar-refractivity contribution in [3.05, 3.63) is 71.4 Å². The highest BCUT2D eigenvalue weighted by Crippen LogP contribution is 2.17. The Morgan fingerprint density at radius 2 is 2.00 bits per heavy atom. The highest BCUT2D eigenvalue weighted by Gasteiger charge is 2.22. The van der Waals surface area contributed by atoms with E-state index in [1.54, 1.807) is 42.7 Å². The van der Waals surface area contributed by atoms with Crippen LogP contribution < -0.4 is 10.6 Å². The summed E-state index contributed by atoms with van der Waals surface area (Å²) in [6.45, 7) is 1.79. The first-order valence-electron chi connectivity index (χ1n) is 8.38. The number of carbonyl (C=O) groups excluding carboxylic acids is 2. The quantitative estimate of drug-likeness (QED) is 0.584. The van der Waals surface area contributed by atoms with E-state index in [0.717, 1.165) is 0 Å². The van der Waals surface area contributed by atoms with E-state index in [-0.39, 0.29) is 16.7 Å². The molecule has 0 aliphatic rings. The zero-order valence-corrected chi connectivity index (χ0v) is 15.6. The van der Waals surface area contributed by atoms with E-state index in [9.17, 15) is 9.59 Å². The molecule has 1 aromatic carbocycles. The number of carbonyl (C=O) groups is 2. The molecule has 0 fully saturated rings. The largest absolute Gasteiger partial charge is 0.467 e. The van der Waals surface area contributed by atoms with Crippen LogP contribution in [0.5, 0.6) is 0 Å². The molecular formula is C19H17ClN4O4. The molecule has 0 bridgehead atoms. The SMILES string of the molecule is C[C@H](OC(=O)c1nc(NCc2ccco2)ncc1Cl)C(=O)Nc1ccccc1. The van der Waals surface area contributed by atoms with Crippen molar-refractivity contribution in [3.63, 3.8) is 0 Å². The number of furan rings is 1. The van der Waals surface area contributed by atoms with Crippen LogP contribution in [0, 0.1) is 0 Å². The van der Waals surface area contributed by atoms with Gasteiger partial charge in [0.25, 0.3) is 5.91 Å². The van der Waals surface area contributed by atoms with Gasteiger partial charge in [0, 0.05) is 5.69 Å². The predicted molar refractivity (Wildman–Crippen MR) is 103 cm³/mol. The normalized spacial score (nSPS) is 11.5. The monoisotopic (exact) mass is 400 g/mol. The van der Waals surface area contributed by atoms with E-state index in [4.69, 9.17) is 20.8 Å². The summed E-state index contributed by atoms with van der Waals surface area (Å²) >= 11 is 6.01. The Hall–Kier alpha value is -3.39. The number of hydrogen-bond donors (Lipinski definition) is 2. The second-order valence-electron chi connectivity index (χ2n) is 5.73. The minimum Gasteiger partial charge on any atom is -0.467 e. The van der Waals surface area contributed by atoms with E-state index in [0.29, 0.717) is 18.0 Å². The Kier molecular flexibility index (Phi) is 6.23. The van der Waals surface area contributed by atoms with Crippen LogP contribution in [0.1, 0.15) is 23.2 Å². The average molecular weight is 401 g/mol. The van der Waals surface area contributed by atoms with Crippen molar-refractivity contribution >= 4 is 35.1 Å². The summed E-state index contributed by atoms with van der Waals surface area (Å²) < 4.78 is 10.4. The molecule has 0 saturated carbocycles. The van der Waals surface area contributed by atoms with Crippen LogP contribution in [-0.2, 0) is 16.1 Å². The highest BCUT2D eigenvalue weighted by molar-refractivity contribution is 6.33. The molecule has 1 atom stereocenters. The van der Waals surface area contributed by atoms with Gasteiger partial charge in [-0.15, -0.1) is 0 Å². The second kappa shape index (κ2) is 9.01. The number of amides is 1. The number of benzene rings is 1. The zero-order valence-electron chi connectivity index (χ0n) is 14.9. The van der Waals surface area contributed by atoms with Crippen LogP contribution in [0.2, 0.25) is 5.02 Å². The van der Waals surface area contributed by atoms with Gasteiger partial charge in [0.2, 0.25) is 5.95 Å². The van der Waals surface area contributed by atoms with Crippen LogP contribution in [0.4, 0.5) is 11.6 Å². The minimum atomic E-state index is -1.04. The zero-order chi connectivity index (χ0) is 19.9. The standard InChI is InChI=1S/C19H17ClN4O4/c1-12(17(25)23-13-6-3-2-4-7-13)28-18(26)16-15(20)11-22-19(24-16)21-10-14-8-5-9-27-14/h2-9,11-12H,10H2,1H3,(H,23,25)(H,21,22,24)/t12-/m0/s1. The molecule has 2 N–H and O–H groups in total. The Balaban J connectivity index is 1.62. The van der Waals surface area contributed by atoms with Gasteiger partial charge < -0.3 is 19.8 Å². The van der Waals surface area contributed by atoms with E-state index in [1.807, 2.05) is 6.07 Å². The molecule has 3 aromatic rings. The van der Waals surface area contributed by atoms with Gasteiger partial charge in [0.1, 0.15) is 5.76 Å². The van der Waals surface area contributed by atoms with Gasteiger partial charge in [-0.3, -0.25) is 4.79 Å². The molecule has 0 spiro atoms. The lowest BCUT2D eigenvalue weighted by atomic mass is 10.3. The van der Waals surface area contributed by atoms with Crippen molar-refractivity contribution < 1.29 is 18.7 Å². The van der Waals surface area contributed by atoms with Crippen molar-refractivity contribution in [2.45, 2.75) is 19.6 Å². The van der Waals surface area contributed by atoms with E-state index < -0.39 is 18.0 Å². The number of ether oxygens (including phenoxy) is 1. The number of nitrogens with zero attached hydrogens (tertiary/aromatic N) is 2. The van der Waals surface area contributed by atoms with Gasteiger partial charge in [-0.05, 0) is 31.2 Å². The molecule has 28 heavy (non-hydrogen) atoms. The molecule has 0 saturated heterocycles. The third-order valence-electron chi connectivity index (χ3n) is 3.63. The average Bonchev–Trinajstić information content (AvgIpc) is 3.21. The molecule has 2 heterocycles. The molecule has 0 unspecified atom stereocenters. The molecule has 1 amide bonds. The first kappa shape index (κ1) is 19.4. The fourth-order valence-electron chi connectivity index (χ4n) is 2.21. The topological polar surface area (TPSA) is 106 Å². The van der Waals surface area contributed by atoms with E-state index in [1.165, 1.54) is 13.1 Å². The Bertz CT molecular complexity index is 948. The molecular weight excluding hydrogens is 384 g/mol. The number of rotatable bonds is 7. The smallest absolute Gasteiger partial charge is 0.359 e. The summed E-state index contributed by atoms with van der Waals surface area (Å²) in [5, 5.41) is 5.59. The van der Waals surface area contributed by atoms with Crippen molar-refractivity contribution in [2.24, 2.45) is 0 Å². The lowest BCUT2D eigenvalue weighted by molar-refractivity contribution is -0.123. The van der Waals surface area contributed by atoms with Crippen molar-refractivity contribution in [2.75, 3.05) is 10.6 Å². The number of para-hydroxylation sites is 1. The van der Waals surface area contributed by atoms with Crippen LogP contribution in [-0.4, -0.2) is 27.9 Å². The van der Waals surface area contributed by atoms with E-state index in [2.05, 4.69) is 20.6 Å². The maximum atomic E-state index is 12.4.